The molecule has 0 saturated heterocycles. The molecule has 0 radical (unpaired) electrons. The molecule has 0 fully saturated rings. The van der Waals surface area contributed by atoms with Crippen LogP contribution in [0.2, 0.25) is 10.0 Å². The van der Waals surface area contributed by atoms with E-state index in [4.69, 9.17) is 32.7 Å². The van der Waals surface area contributed by atoms with Crippen LogP contribution in [0.4, 0.5) is 0 Å². The predicted octanol–water partition coefficient (Wildman–Crippen LogP) is 5.31. The third-order valence-corrected chi connectivity index (χ3v) is 8.21. The highest BCUT2D eigenvalue weighted by atomic mass is 35.5. The van der Waals surface area contributed by atoms with Crippen LogP contribution in [0, 0.1) is 0 Å². The number of aromatic nitrogens is 4. The van der Waals surface area contributed by atoms with Gasteiger partial charge in [-0.05, 0) is 12.8 Å². The standard InChI is InChI=1S/C32H38Cl2N6O4/c1-5-19(17-41)35-15-27-31(43-3)39-25(13-37-27)23-11-7-9-21(29(23)33)22-10-8-12-24(30(22)34)26-14-38-28(32(40-26)44-4)16-36-20(6-2)18-42/h7-14,19-20,35-36,41-42H,5-6,15-18H2,1-4H3/t19-,20+. The molecule has 0 aliphatic heterocycles. The van der Waals surface area contributed by atoms with E-state index in [1.807, 2.05) is 50.2 Å². The van der Waals surface area contributed by atoms with Gasteiger partial charge >= 0.3 is 0 Å². The Hall–Kier alpha value is -3.38. The molecule has 2 aromatic carbocycles. The number of benzene rings is 2. The number of nitrogens with one attached hydrogen (secondary N) is 2. The smallest absolute Gasteiger partial charge is 0.237 e. The molecule has 0 aliphatic rings. The van der Waals surface area contributed by atoms with Crippen molar-refractivity contribution in [2.45, 2.75) is 51.9 Å². The molecule has 2 atom stereocenters. The first kappa shape index (κ1) is 33.5. The first-order valence-electron chi connectivity index (χ1n) is 14.4. The topological polar surface area (TPSA) is 135 Å². The second kappa shape index (κ2) is 16.1. The van der Waals surface area contributed by atoms with Gasteiger partial charge in [-0.15, -0.1) is 0 Å². The summed E-state index contributed by atoms with van der Waals surface area (Å²) in [5.41, 5.74) is 5.12. The fourth-order valence-corrected chi connectivity index (χ4v) is 5.31. The minimum atomic E-state index is -0.0414. The summed E-state index contributed by atoms with van der Waals surface area (Å²) in [5, 5.41) is 26.4. The van der Waals surface area contributed by atoms with Crippen LogP contribution in [0.5, 0.6) is 11.8 Å². The highest BCUT2D eigenvalue weighted by Crippen LogP contribution is 2.42. The van der Waals surface area contributed by atoms with Crippen molar-refractivity contribution in [3.05, 3.63) is 70.2 Å². The van der Waals surface area contributed by atoms with Crippen LogP contribution in [-0.2, 0) is 13.1 Å². The fourth-order valence-electron chi connectivity index (χ4n) is 4.66. The molecule has 4 N–H and O–H groups in total. The van der Waals surface area contributed by atoms with E-state index in [1.165, 1.54) is 0 Å². The minimum absolute atomic E-state index is 0.0320. The van der Waals surface area contributed by atoms with Crippen molar-refractivity contribution in [3.63, 3.8) is 0 Å². The van der Waals surface area contributed by atoms with Crippen LogP contribution in [0.3, 0.4) is 0 Å². The molecule has 44 heavy (non-hydrogen) atoms. The quantitative estimate of drug-likeness (QED) is 0.135. The molecule has 234 valence electrons. The minimum Gasteiger partial charge on any atom is -0.480 e. The zero-order valence-electron chi connectivity index (χ0n) is 25.3. The second-order valence-corrected chi connectivity index (χ2v) is 10.8. The molecule has 2 aromatic heterocycles. The number of rotatable bonds is 15. The zero-order valence-corrected chi connectivity index (χ0v) is 26.8. The van der Waals surface area contributed by atoms with Crippen LogP contribution in [0.1, 0.15) is 38.1 Å². The maximum Gasteiger partial charge on any atom is 0.237 e. The maximum atomic E-state index is 9.49. The fraction of sp³-hybridized carbons (Fsp3) is 0.375. The Bertz CT molecular complexity index is 1430. The lowest BCUT2D eigenvalue weighted by molar-refractivity contribution is 0.237. The molecule has 0 amide bonds. The number of methoxy groups -OCH3 is 2. The summed E-state index contributed by atoms with van der Waals surface area (Å²) in [6.07, 6.45) is 4.88. The Balaban J connectivity index is 1.66. The van der Waals surface area contributed by atoms with Crippen LogP contribution in [0.15, 0.2) is 48.8 Å². The molecule has 4 aromatic rings. The first-order chi connectivity index (χ1) is 21.4. The summed E-state index contributed by atoms with van der Waals surface area (Å²) in [5.74, 6) is 0.745. The summed E-state index contributed by atoms with van der Waals surface area (Å²) in [6, 6.07) is 11.2. The van der Waals surface area contributed by atoms with Crippen molar-refractivity contribution in [1.29, 1.82) is 0 Å². The van der Waals surface area contributed by atoms with Gasteiger partial charge in [0.25, 0.3) is 0 Å². The number of ether oxygens (including phenoxy) is 2. The van der Waals surface area contributed by atoms with E-state index in [9.17, 15) is 10.2 Å². The predicted molar refractivity (Wildman–Crippen MR) is 173 cm³/mol. The summed E-state index contributed by atoms with van der Waals surface area (Å²) in [4.78, 5) is 18.5. The molecular formula is C32H38Cl2N6O4. The largest absolute Gasteiger partial charge is 0.480 e. The van der Waals surface area contributed by atoms with Crippen LogP contribution >= 0.6 is 23.2 Å². The summed E-state index contributed by atoms with van der Waals surface area (Å²) in [7, 11) is 3.09. The molecule has 12 heteroatoms. The van der Waals surface area contributed by atoms with Crippen molar-refractivity contribution in [2.24, 2.45) is 0 Å². The van der Waals surface area contributed by atoms with Gasteiger partial charge in [-0.3, -0.25) is 9.97 Å². The molecule has 10 nitrogen and oxygen atoms in total. The van der Waals surface area contributed by atoms with Crippen LogP contribution < -0.4 is 20.1 Å². The van der Waals surface area contributed by atoms with Gasteiger partial charge in [0.15, 0.2) is 0 Å². The third-order valence-electron chi connectivity index (χ3n) is 7.39. The number of aliphatic hydroxyl groups excluding tert-OH is 2. The van der Waals surface area contributed by atoms with Crippen molar-refractivity contribution in [1.82, 2.24) is 30.6 Å². The number of halogens is 2. The average Bonchev–Trinajstić information content (AvgIpc) is 3.06. The number of nitrogens with zero attached hydrogens (tertiary/aromatic N) is 4. The molecule has 0 unspecified atom stereocenters. The molecule has 0 aliphatic carbocycles. The summed E-state index contributed by atoms with van der Waals surface area (Å²) >= 11 is 14.0. The van der Waals surface area contributed by atoms with E-state index in [2.05, 4.69) is 30.6 Å². The van der Waals surface area contributed by atoms with Crippen LogP contribution in [0.25, 0.3) is 33.6 Å². The molecule has 0 bridgehead atoms. The van der Waals surface area contributed by atoms with E-state index >= 15 is 0 Å². The molecule has 0 saturated carbocycles. The van der Waals surface area contributed by atoms with Gasteiger partial charge in [0.1, 0.15) is 11.4 Å². The summed E-state index contributed by atoms with van der Waals surface area (Å²) in [6.45, 7) is 4.86. The second-order valence-electron chi connectivity index (χ2n) is 10.1. The Morgan fingerprint density at radius 1 is 0.682 bits per heavy atom. The zero-order chi connectivity index (χ0) is 31.6. The highest BCUT2D eigenvalue weighted by Gasteiger charge is 2.19. The van der Waals surface area contributed by atoms with Gasteiger partial charge in [0.2, 0.25) is 11.8 Å². The van der Waals surface area contributed by atoms with Gasteiger partial charge in [0.05, 0.1) is 61.3 Å². The lowest BCUT2D eigenvalue weighted by Gasteiger charge is -2.16. The van der Waals surface area contributed by atoms with E-state index in [-0.39, 0.29) is 25.3 Å². The van der Waals surface area contributed by atoms with Gasteiger partial charge < -0.3 is 30.3 Å². The van der Waals surface area contributed by atoms with E-state index in [0.29, 0.717) is 79.9 Å². The molecular weight excluding hydrogens is 603 g/mol. The van der Waals surface area contributed by atoms with Gasteiger partial charge in [-0.25, -0.2) is 9.97 Å². The first-order valence-corrected chi connectivity index (χ1v) is 15.2. The van der Waals surface area contributed by atoms with Gasteiger partial charge in [-0.1, -0.05) is 73.4 Å². The van der Waals surface area contributed by atoms with Crippen molar-refractivity contribution in [2.75, 3.05) is 27.4 Å². The van der Waals surface area contributed by atoms with Crippen molar-refractivity contribution < 1.29 is 19.7 Å². The van der Waals surface area contributed by atoms with Crippen molar-refractivity contribution in [3.8, 4) is 45.4 Å². The monoisotopic (exact) mass is 640 g/mol. The maximum absolute atomic E-state index is 9.49. The lowest BCUT2D eigenvalue weighted by Crippen LogP contribution is -2.31. The highest BCUT2D eigenvalue weighted by molar-refractivity contribution is 6.39. The number of hydrogen-bond acceptors (Lipinski definition) is 10. The van der Waals surface area contributed by atoms with E-state index < -0.39 is 0 Å². The van der Waals surface area contributed by atoms with Gasteiger partial charge in [-0.2, -0.15) is 0 Å². The van der Waals surface area contributed by atoms with E-state index in [0.717, 1.165) is 12.8 Å². The molecule has 2 heterocycles. The van der Waals surface area contributed by atoms with E-state index in [1.54, 1.807) is 26.6 Å². The number of aliphatic hydroxyl groups is 2. The lowest BCUT2D eigenvalue weighted by atomic mass is 9.98. The molecule has 4 rings (SSSR count). The number of hydrogen-bond donors (Lipinski definition) is 4. The Morgan fingerprint density at radius 3 is 1.41 bits per heavy atom. The van der Waals surface area contributed by atoms with Crippen LogP contribution in [-0.4, -0.2) is 69.7 Å². The Morgan fingerprint density at radius 2 is 1.07 bits per heavy atom. The Kier molecular flexibility index (Phi) is 12.2. The SMILES string of the molecule is CC[C@H](CO)NCc1ncc(-c2cccc(-c3cccc(-c4cnc(CN[C@@H](CC)CO)c(OC)n4)c3Cl)c2Cl)nc1OC. The average molecular weight is 642 g/mol. The van der Waals surface area contributed by atoms with Crippen molar-refractivity contribution >= 4 is 23.2 Å². The summed E-state index contributed by atoms with van der Waals surface area (Å²) < 4.78 is 11.1. The Labute approximate surface area is 267 Å². The molecule has 0 spiro atoms. The normalized spacial score (nSPS) is 12.6. The third kappa shape index (κ3) is 7.63. The van der Waals surface area contributed by atoms with Gasteiger partial charge in [0, 0.05) is 47.4 Å².